The maximum atomic E-state index is 5.44. The average Bonchev–Trinajstić information content (AvgIpc) is 0.814. The molecule has 0 aliphatic heterocycles. The van der Waals surface area contributed by atoms with Crippen molar-refractivity contribution in [2.45, 2.75) is 6.92 Å². The predicted octanol–water partition coefficient (Wildman–Crippen LogP) is 23.2. The Kier molecular flexibility index (Phi) is 14.9. The van der Waals surface area contributed by atoms with Crippen LogP contribution in [0.1, 0.15) is 5.82 Å². The van der Waals surface area contributed by atoms with Gasteiger partial charge < -0.3 is 0 Å². The number of rotatable bonds is 13. The quantitative estimate of drug-likeness (QED) is 0.106. The van der Waals surface area contributed by atoms with Gasteiger partial charge in [-0.3, -0.25) is 4.57 Å². The first-order valence-electron chi connectivity index (χ1n) is 33.7. The van der Waals surface area contributed by atoms with Gasteiger partial charge in [0, 0.05) is 22.4 Å². The van der Waals surface area contributed by atoms with Gasteiger partial charge in [-0.15, -0.1) is 0 Å². The van der Waals surface area contributed by atoms with Crippen molar-refractivity contribution >= 4 is 43.4 Å². The zero-order valence-electron chi connectivity index (χ0n) is 54.5. The molecule has 0 radical (unpaired) electrons. The summed E-state index contributed by atoms with van der Waals surface area (Å²) in [7, 11) is 0. The summed E-state index contributed by atoms with van der Waals surface area (Å²) in [4.78, 5) is 37.5. The standard InChI is InChI=1S/C92H60N8/c1-59-93-83-52-70(46-49-87(83)100(59)75-47-44-66(45-48-75)88-76-38-19-21-40-78(76)89(79-41-22-20-39-77(79)88)71-43-42-62-28-17-18-35-67(62)51-71)68-36-23-37-69(50-68)74-55-82(65-33-15-6-16-34-65)96-86(58-74)92-98-90(84-56-72(60-24-7-2-8-25-60)53-80(94-84)63-29-11-4-12-30-63)97-91(99-92)85-57-73(61-26-9-3-10-27-61)54-81(95-85)64-31-13-5-14-32-64/h2-58H,1H3. The molecule has 8 heteroatoms. The molecule has 0 spiro atoms. The van der Waals surface area contributed by atoms with E-state index in [1.807, 2.05) is 66.7 Å². The van der Waals surface area contributed by atoms with Crippen LogP contribution in [-0.4, -0.2) is 39.5 Å². The highest BCUT2D eigenvalue weighted by Crippen LogP contribution is 2.45. The Balaban J connectivity index is 0.737. The first-order valence-corrected chi connectivity index (χ1v) is 33.7. The van der Waals surface area contributed by atoms with Crippen LogP contribution in [0.5, 0.6) is 0 Å². The van der Waals surface area contributed by atoms with E-state index in [2.05, 4.69) is 291 Å². The SMILES string of the molecule is Cc1nc2cc(-c3cccc(-c4cc(-c5ccccc5)nc(-c5nc(-c6cc(-c7ccccc7)cc(-c7ccccc7)n6)nc(-c6cc(-c7ccccc7)cc(-c7ccccc7)n6)n5)c4)c3)ccc2n1-c1ccc(-c2c3ccccc3c(-c3ccc4ccccc4c3)c3ccccc23)cc1. The minimum Gasteiger partial charge on any atom is -0.297 e. The molecule has 18 aromatic rings. The van der Waals surface area contributed by atoms with Gasteiger partial charge in [-0.05, 0) is 179 Å². The lowest BCUT2D eigenvalue weighted by atomic mass is 9.85. The highest BCUT2D eigenvalue weighted by atomic mass is 15.1. The second-order valence-electron chi connectivity index (χ2n) is 25.2. The number of hydrogen-bond donors (Lipinski definition) is 0. The minimum atomic E-state index is 0.371. The monoisotopic (exact) mass is 1280 g/mol. The summed E-state index contributed by atoms with van der Waals surface area (Å²) >= 11 is 0. The van der Waals surface area contributed by atoms with Crippen molar-refractivity contribution in [1.29, 1.82) is 0 Å². The molecule has 0 fully saturated rings. The fraction of sp³-hybridized carbons (Fsp3) is 0.0109. The van der Waals surface area contributed by atoms with Crippen LogP contribution in [-0.2, 0) is 0 Å². The van der Waals surface area contributed by atoms with Crippen molar-refractivity contribution in [3.05, 3.63) is 352 Å². The average molecular weight is 1280 g/mol. The molecule has 0 unspecified atom stereocenters. The number of nitrogens with zero attached hydrogens (tertiary/aromatic N) is 8. The van der Waals surface area contributed by atoms with Gasteiger partial charge in [0.05, 0.1) is 28.1 Å². The first-order chi connectivity index (χ1) is 49.4. The molecule has 0 bridgehead atoms. The van der Waals surface area contributed by atoms with E-state index in [1.165, 1.54) is 49.0 Å². The molecular formula is C92H60N8. The lowest BCUT2D eigenvalue weighted by Crippen LogP contribution is -2.05. The van der Waals surface area contributed by atoms with Crippen molar-refractivity contribution in [3.8, 4) is 141 Å². The fourth-order valence-electron chi connectivity index (χ4n) is 14.1. The highest BCUT2D eigenvalue weighted by Gasteiger charge is 2.23. The van der Waals surface area contributed by atoms with Crippen LogP contribution < -0.4 is 0 Å². The van der Waals surface area contributed by atoms with Crippen LogP contribution in [0.25, 0.3) is 184 Å². The van der Waals surface area contributed by atoms with E-state index >= 15 is 0 Å². The molecule has 0 aliphatic rings. The molecule has 0 atom stereocenters. The Morgan fingerprint density at radius 2 is 0.560 bits per heavy atom. The number of benzene rings is 13. The first kappa shape index (κ1) is 59.1. The number of fused-ring (bicyclic) bond motifs is 4. The number of pyridine rings is 3. The van der Waals surface area contributed by atoms with Crippen molar-refractivity contribution in [1.82, 2.24) is 39.5 Å². The summed E-state index contributed by atoms with van der Waals surface area (Å²) in [6.07, 6.45) is 0. The molecule has 0 aliphatic carbocycles. The molecule has 468 valence electrons. The van der Waals surface area contributed by atoms with Gasteiger partial charge in [0.1, 0.15) is 22.9 Å². The summed E-state index contributed by atoms with van der Waals surface area (Å²) in [5, 5.41) is 7.37. The summed E-state index contributed by atoms with van der Waals surface area (Å²) < 4.78 is 2.26. The van der Waals surface area contributed by atoms with Gasteiger partial charge in [-0.25, -0.2) is 34.9 Å². The minimum absolute atomic E-state index is 0.371. The Bertz CT molecular complexity index is 5820. The van der Waals surface area contributed by atoms with E-state index in [0.29, 0.717) is 34.6 Å². The molecule has 0 N–H and O–H groups in total. The maximum Gasteiger partial charge on any atom is 0.182 e. The van der Waals surface area contributed by atoms with E-state index in [1.54, 1.807) is 0 Å². The van der Waals surface area contributed by atoms with Crippen LogP contribution in [0.2, 0.25) is 0 Å². The third kappa shape index (κ3) is 11.2. The van der Waals surface area contributed by atoms with Crippen LogP contribution in [0, 0.1) is 6.92 Å². The van der Waals surface area contributed by atoms with Crippen LogP contribution in [0.3, 0.4) is 0 Å². The Labute approximate surface area is 578 Å². The second kappa shape index (κ2) is 25.3. The zero-order valence-corrected chi connectivity index (χ0v) is 54.5. The Morgan fingerprint density at radius 1 is 0.210 bits per heavy atom. The number of imidazole rings is 1. The summed E-state index contributed by atoms with van der Waals surface area (Å²) in [6.45, 7) is 2.09. The van der Waals surface area contributed by atoms with Crippen LogP contribution in [0.15, 0.2) is 346 Å². The molecule has 13 aromatic carbocycles. The highest BCUT2D eigenvalue weighted by molar-refractivity contribution is 6.21. The molecule has 18 rings (SSSR count). The van der Waals surface area contributed by atoms with Gasteiger partial charge in [0.25, 0.3) is 0 Å². The van der Waals surface area contributed by atoms with Crippen molar-refractivity contribution in [3.63, 3.8) is 0 Å². The predicted molar refractivity (Wildman–Crippen MR) is 410 cm³/mol. The van der Waals surface area contributed by atoms with E-state index < -0.39 is 0 Å². The summed E-state index contributed by atoms with van der Waals surface area (Å²) in [5.74, 6) is 2.03. The molecular weight excluding hydrogens is 1220 g/mol. The topological polar surface area (TPSA) is 95.2 Å². The smallest absolute Gasteiger partial charge is 0.182 e. The third-order valence-corrected chi connectivity index (χ3v) is 19.0. The van der Waals surface area contributed by atoms with Gasteiger partial charge >= 0.3 is 0 Å². The zero-order chi connectivity index (χ0) is 66.5. The molecule has 100 heavy (non-hydrogen) atoms. The van der Waals surface area contributed by atoms with E-state index in [0.717, 1.165) is 106 Å². The fourth-order valence-corrected chi connectivity index (χ4v) is 14.1. The third-order valence-electron chi connectivity index (χ3n) is 19.0. The van der Waals surface area contributed by atoms with Crippen LogP contribution >= 0.6 is 0 Å². The lowest BCUT2D eigenvalue weighted by molar-refractivity contribution is 1.00. The van der Waals surface area contributed by atoms with Gasteiger partial charge in [0.2, 0.25) is 0 Å². The van der Waals surface area contributed by atoms with Crippen molar-refractivity contribution < 1.29 is 0 Å². The van der Waals surface area contributed by atoms with E-state index in [9.17, 15) is 0 Å². The second-order valence-corrected chi connectivity index (χ2v) is 25.2. The maximum absolute atomic E-state index is 5.44. The number of aryl methyl sites for hydroxylation is 1. The molecule has 8 nitrogen and oxygen atoms in total. The largest absolute Gasteiger partial charge is 0.297 e. The molecule has 0 saturated heterocycles. The van der Waals surface area contributed by atoms with Gasteiger partial charge in [-0.2, -0.15) is 0 Å². The Morgan fingerprint density at radius 3 is 1.03 bits per heavy atom. The number of aromatic nitrogens is 8. The molecule has 0 amide bonds. The number of hydrogen-bond acceptors (Lipinski definition) is 7. The van der Waals surface area contributed by atoms with E-state index in [4.69, 9.17) is 34.9 Å². The van der Waals surface area contributed by atoms with Crippen molar-refractivity contribution in [2.75, 3.05) is 0 Å². The summed E-state index contributed by atoms with van der Waals surface area (Å²) in [5.41, 5.74) is 22.8. The molecule has 5 aromatic heterocycles. The Hall–Kier alpha value is -13.4. The summed E-state index contributed by atoms with van der Waals surface area (Å²) in [6, 6.07) is 122. The van der Waals surface area contributed by atoms with Crippen LogP contribution in [0.4, 0.5) is 0 Å². The van der Waals surface area contributed by atoms with Gasteiger partial charge in [0.15, 0.2) is 17.5 Å². The van der Waals surface area contributed by atoms with Crippen molar-refractivity contribution in [2.24, 2.45) is 0 Å². The van der Waals surface area contributed by atoms with E-state index in [-0.39, 0.29) is 0 Å². The van der Waals surface area contributed by atoms with Gasteiger partial charge in [-0.1, -0.05) is 273 Å². The molecule has 5 heterocycles. The molecule has 0 saturated carbocycles. The normalized spacial score (nSPS) is 11.4. The lowest BCUT2D eigenvalue weighted by Gasteiger charge is -2.18.